The Bertz CT molecular complexity index is 378. The Morgan fingerprint density at radius 3 is 2.79 bits per heavy atom. The summed E-state index contributed by atoms with van der Waals surface area (Å²) in [6.45, 7) is 0.875. The summed E-state index contributed by atoms with van der Waals surface area (Å²) in [6, 6.07) is 4.70. The number of nitrogens with zero attached hydrogens (tertiary/aromatic N) is 1. The average Bonchev–Trinajstić information content (AvgIpc) is 2.52. The van der Waals surface area contributed by atoms with Crippen molar-refractivity contribution in [3.8, 4) is 0 Å². The first-order chi connectivity index (χ1) is 6.68. The topological polar surface area (TPSA) is 27.1 Å². The molecule has 0 aromatic heterocycles. The summed E-state index contributed by atoms with van der Waals surface area (Å²) in [4.78, 5) is 1.95. The van der Waals surface area contributed by atoms with Gasteiger partial charge in [-0.1, -0.05) is 0 Å². The minimum Gasteiger partial charge on any atom is -0.329 e. The maximum atomic E-state index is 12.9. The lowest BCUT2D eigenvalue weighted by atomic mass is 10.3. The van der Waals surface area contributed by atoms with Gasteiger partial charge in [0, 0.05) is 16.5 Å². The minimum atomic E-state index is -0.219. The predicted molar refractivity (Wildman–Crippen MR) is 63.4 cm³/mol. The number of benzene rings is 1. The Kier molecular flexibility index (Phi) is 2.71. The standard InChI is InChI=1S/C10H10FIN2/c11-7-3-4-9(8(12)6-7)14-5-1-2-10(14)13/h3-4,6,13H,1-2,5H2. The maximum Gasteiger partial charge on any atom is 0.124 e. The van der Waals surface area contributed by atoms with Gasteiger partial charge in [-0.3, -0.25) is 5.41 Å². The fourth-order valence-electron chi connectivity index (χ4n) is 1.64. The van der Waals surface area contributed by atoms with E-state index < -0.39 is 0 Å². The van der Waals surface area contributed by atoms with Crippen molar-refractivity contribution in [1.29, 1.82) is 5.41 Å². The summed E-state index contributed by atoms with van der Waals surface area (Å²) >= 11 is 2.11. The zero-order valence-electron chi connectivity index (χ0n) is 7.56. The molecule has 0 amide bonds. The second kappa shape index (κ2) is 3.84. The molecule has 1 aromatic rings. The van der Waals surface area contributed by atoms with Crippen LogP contribution < -0.4 is 4.90 Å². The molecular weight excluding hydrogens is 294 g/mol. The molecule has 74 valence electrons. The van der Waals surface area contributed by atoms with Crippen LogP contribution >= 0.6 is 22.6 Å². The van der Waals surface area contributed by atoms with E-state index in [1.165, 1.54) is 12.1 Å². The van der Waals surface area contributed by atoms with Crippen LogP contribution in [0, 0.1) is 14.8 Å². The fraction of sp³-hybridized carbons (Fsp3) is 0.300. The lowest BCUT2D eigenvalue weighted by Gasteiger charge is -2.19. The first kappa shape index (κ1) is 9.89. The highest BCUT2D eigenvalue weighted by molar-refractivity contribution is 14.1. The Balaban J connectivity index is 2.36. The molecule has 0 unspecified atom stereocenters. The molecule has 1 aliphatic rings. The van der Waals surface area contributed by atoms with Crippen LogP contribution in [0.1, 0.15) is 12.8 Å². The predicted octanol–water partition coefficient (Wildman–Crippen LogP) is 3.01. The van der Waals surface area contributed by atoms with E-state index >= 15 is 0 Å². The van der Waals surface area contributed by atoms with Crippen molar-refractivity contribution in [2.45, 2.75) is 12.8 Å². The Hall–Kier alpha value is -0.650. The van der Waals surface area contributed by atoms with Crippen molar-refractivity contribution in [2.24, 2.45) is 0 Å². The van der Waals surface area contributed by atoms with Crippen molar-refractivity contribution < 1.29 is 4.39 Å². The molecule has 0 radical (unpaired) electrons. The van der Waals surface area contributed by atoms with Crippen LogP contribution in [0.3, 0.4) is 0 Å². The van der Waals surface area contributed by atoms with E-state index in [9.17, 15) is 4.39 Å². The smallest absolute Gasteiger partial charge is 0.124 e. The summed E-state index contributed by atoms with van der Waals surface area (Å²) in [7, 11) is 0. The summed E-state index contributed by atoms with van der Waals surface area (Å²) in [5.74, 6) is 0.415. The van der Waals surface area contributed by atoms with Gasteiger partial charge in [0.05, 0.1) is 5.69 Å². The quantitative estimate of drug-likeness (QED) is 0.793. The van der Waals surface area contributed by atoms with Gasteiger partial charge in [-0.25, -0.2) is 4.39 Å². The molecule has 2 rings (SSSR count). The number of halogens is 2. The van der Waals surface area contributed by atoms with Gasteiger partial charge in [-0.2, -0.15) is 0 Å². The van der Waals surface area contributed by atoms with E-state index in [0.29, 0.717) is 5.84 Å². The van der Waals surface area contributed by atoms with E-state index in [-0.39, 0.29) is 5.82 Å². The molecule has 14 heavy (non-hydrogen) atoms. The molecule has 1 aromatic carbocycles. The van der Waals surface area contributed by atoms with E-state index in [0.717, 1.165) is 28.6 Å². The SMILES string of the molecule is N=C1CCCN1c1ccc(F)cc1I. The highest BCUT2D eigenvalue weighted by Gasteiger charge is 2.20. The molecular formula is C10H10FIN2. The third-order valence-corrected chi connectivity index (χ3v) is 3.19. The lowest BCUT2D eigenvalue weighted by Crippen LogP contribution is -2.23. The molecule has 0 atom stereocenters. The Morgan fingerprint density at radius 1 is 1.43 bits per heavy atom. The fourth-order valence-corrected chi connectivity index (χ4v) is 2.41. The molecule has 0 spiro atoms. The third-order valence-electron chi connectivity index (χ3n) is 2.32. The van der Waals surface area contributed by atoms with E-state index in [2.05, 4.69) is 22.6 Å². The normalized spacial score (nSPS) is 16.4. The number of rotatable bonds is 1. The zero-order valence-corrected chi connectivity index (χ0v) is 9.71. The van der Waals surface area contributed by atoms with Crippen LogP contribution in [-0.4, -0.2) is 12.4 Å². The van der Waals surface area contributed by atoms with Gasteiger partial charge in [0.1, 0.15) is 11.7 Å². The van der Waals surface area contributed by atoms with Gasteiger partial charge in [0.2, 0.25) is 0 Å². The molecule has 0 saturated carbocycles. The molecule has 1 heterocycles. The molecule has 0 aliphatic carbocycles. The number of anilines is 1. The molecule has 1 saturated heterocycles. The maximum absolute atomic E-state index is 12.9. The van der Waals surface area contributed by atoms with Crippen molar-refractivity contribution in [1.82, 2.24) is 0 Å². The summed E-state index contributed by atoms with van der Waals surface area (Å²) < 4.78 is 13.7. The molecule has 1 fully saturated rings. The molecule has 1 aliphatic heterocycles. The van der Waals surface area contributed by atoms with Gasteiger partial charge < -0.3 is 4.90 Å². The zero-order chi connectivity index (χ0) is 10.1. The van der Waals surface area contributed by atoms with Crippen LogP contribution in [-0.2, 0) is 0 Å². The van der Waals surface area contributed by atoms with Crippen molar-refractivity contribution >= 4 is 34.1 Å². The van der Waals surface area contributed by atoms with E-state index in [1.54, 1.807) is 6.07 Å². The number of nitrogens with one attached hydrogen (secondary N) is 1. The van der Waals surface area contributed by atoms with Gasteiger partial charge in [-0.15, -0.1) is 0 Å². The van der Waals surface area contributed by atoms with Crippen molar-refractivity contribution in [3.05, 3.63) is 27.6 Å². The molecule has 4 heteroatoms. The van der Waals surface area contributed by atoms with Crippen LogP contribution in [0.25, 0.3) is 0 Å². The van der Waals surface area contributed by atoms with Crippen LogP contribution in [0.5, 0.6) is 0 Å². The summed E-state index contributed by atoms with van der Waals surface area (Å²) in [5, 5.41) is 7.72. The first-order valence-corrected chi connectivity index (χ1v) is 5.56. The van der Waals surface area contributed by atoms with Gasteiger partial charge in [0.15, 0.2) is 0 Å². The highest BCUT2D eigenvalue weighted by Crippen LogP contribution is 2.27. The lowest BCUT2D eigenvalue weighted by molar-refractivity contribution is 0.627. The van der Waals surface area contributed by atoms with Gasteiger partial charge in [-0.05, 0) is 47.2 Å². The van der Waals surface area contributed by atoms with Crippen LogP contribution in [0.15, 0.2) is 18.2 Å². The summed E-state index contributed by atoms with van der Waals surface area (Å²) in [6.07, 6.45) is 1.85. The number of hydrogen-bond acceptors (Lipinski definition) is 1. The van der Waals surface area contributed by atoms with Gasteiger partial charge in [0.25, 0.3) is 0 Å². The van der Waals surface area contributed by atoms with E-state index in [1.807, 2.05) is 4.90 Å². The minimum absolute atomic E-state index is 0.219. The Labute approximate surface area is 95.8 Å². The van der Waals surface area contributed by atoms with Gasteiger partial charge >= 0.3 is 0 Å². The first-order valence-electron chi connectivity index (χ1n) is 4.48. The largest absolute Gasteiger partial charge is 0.329 e. The van der Waals surface area contributed by atoms with Crippen molar-refractivity contribution in [3.63, 3.8) is 0 Å². The number of amidine groups is 1. The third kappa shape index (κ3) is 1.75. The second-order valence-corrected chi connectivity index (χ2v) is 4.46. The van der Waals surface area contributed by atoms with Crippen LogP contribution in [0.4, 0.5) is 10.1 Å². The second-order valence-electron chi connectivity index (χ2n) is 3.30. The monoisotopic (exact) mass is 304 g/mol. The van der Waals surface area contributed by atoms with Crippen molar-refractivity contribution in [2.75, 3.05) is 11.4 Å². The molecule has 1 N–H and O–H groups in total. The summed E-state index contributed by atoms with van der Waals surface area (Å²) in [5.41, 5.74) is 0.953. The number of hydrogen-bond donors (Lipinski definition) is 1. The molecule has 2 nitrogen and oxygen atoms in total. The van der Waals surface area contributed by atoms with Crippen LogP contribution in [0.2, 0.25) is 0 Å². The average molecular weight is 304 g/mol. The Morgan fingerprint density at radius 2 is 2.21 bits per heavy atom. The highest BCUT2D eigenvalue weighted by atomic mass is 127. The van der Waals surface area contributed by atoms with E-state index in [4.69, 9.17) is 5.41 Å². The molecule has 0 bridgehead atoms.